The van der Waals surface area contributed by atoms with Crippen molar-refractivity contribution < 1.29 is 4.79 Å². The van der Waals surface area contributed by atoms with Gasteiger partial charge in [0, 0.05) is 29.7 Å². The van der Waals surface area contributed by atoms with E-state index in [9.17, 15) is 9.59 Å². The first-order valence-electron chi connectivity index (χ1n) is 7.21. The van der Waals surface area contributed by atoms with Crippen LogP contribution in [0.4, 0.5) is 0 Å². The van der Waals surface area contributed by atoms with E-state index in [-0.39, 0.29) is 5.56 Å². The molecule has 0 fully saturated rings. The van der Waals surface area contributed by atoms with Crippen LogP contribution in [0, 0.1) is 0 Å². The number of aromatic amines is 1. The minimum atomic E-state index is -0.159. The second-order valence-electron chi connectivity index (χ2n) is 5.36. The fraction of sp³-hybridized carbons (Fsp3) is 0. The molecule has 0 saturated heterocycles. The molecule has 0 atom stereocenters. The van der Waals surface area contributed by atoms with Gasteiger partial charge in [-0.25, -0.2) is 0 Å². The average molecular weight is 300 g/mol. The van der Waals surface area contributed by atoms with Gasteiger partial charge in [-0.2, -0.15) is 0 Å². The third-order valence-corrected chi connectivity index (χ3v) is 4.03. The molecule has 110 valence electrons. The number of rotatable bonds is 2. The number of carbonyl (C=O) groups excluding carboxylic acids is 1. The summed E-state index contributed by atoms with van der Waals surface area (Å²) in [4.78, 5) is 30.5. The maximum absolute atomic E-state index is 12.3. The Labute approximate surface area is 131 Å². The molecule has 2 aromatic carbocycles. The Morgan fingerprint density at radius 3 is 2.70 bits per heavy atom. The van der Waals surface area contributed by atoms with E-state index in [1.165, 1.54) is 0 Å². The van der Waals surface area contributed by atoms with Crippen LogP contribution in [0.25, 0.3) is 32.7 Å². The van der Waals surface area contributed by atoms with Crippen molar-refractivity contribution in [3.8, 4) is 11.1 Å². The van der Waals surface area contributed by atoms with Gasteiger partial charge in [0.1, 0.15) is 0 Å². The standard InChI is InChI=1S/C19H12N2O2/c22-11-15-8-13-5-7-21-19(23)18(13)17-9-12(3-4-16(15)17)14-2-1-6-20-10-14/h1-11H,(H,21,23). The smallest absolute Gasteiger partial charge is 0.256 e. The number of nitrogens with zero attached hydrogens (tertiary/aromatic N) is 1. The van der Waals surface area contributed by atoms with Crippen LogP contribution in [0.15, 0.2) is 65.8 Å². The monoisotopic (exact) mass is 300 g/mol. The van der Waals surface area contributed by atoms with Crippen molar-refractivity contribution in [2.24, 2.45) is 0 Å². The molecule has 0 aliphatic rings. The molecular formula is C19H12N2O2. The van der Waals surface area contributed by atoms with Gasteiger partial charge >= 0.3 is 0 Å². The molecule has 0 aliphatic carbocycles. The molecule has 4 aromatic rings. The maximum Gasteiger partial charge on any atom is 0.256 e. The summed E-state index contributed by atoms with van der Waals surface area (Å²) in [6.07, 6.45) is 5.91. The average Bonchev–Trinajstić information content (AvgIpc) is 2.61. The highest BCUT2D eigenvalue weighted by molar-refractivity contribution is 6.14. The van der Waals surface area contributed by atoms with Gasteiger partial charge in [0.05, 0.1) is 5.39 Å². The minimum Gasteiger partial charge on any atom is -0.329 e. The number of aromatic nitrogens is 2. The van der Waals surface area contributed by atoms with E-state index < -0.39 is 0 Å². The van der Waals surface area contributed by atoms with Gasteiger partial charge in [0.2, 0.25) is 0 Å². The van der Waals surface area contributed by atoms with Crippen LogP contribution in [0.1, 0.15) is 10.4 Å². The van der Waals surface area contributed by atoms with Crippen molar-refractivity contribution in [1.29, 1.82) is 0 Å². The molecule has 4 heteroatoms. The normalized spacial score (nSPS) is 11.0. The molecule has 0 unspecified atom stereocenters. The number of fused-ring (bicyclic) bond motifs is 3. The number of pyridine rings is 2. The SMILES string of the molecule is O=Cc1cc2cc[nH]c(=O)c2c2cc(-c3cccnc3)ccc12. The molecule has 0 aliphatic heterocycles. The zero-order valence-corrected chi connectivity index (χ0v) is 12.1. The Kier molecular flexibility index (Phi) is 3.01. The highest BCUT2D eigenvalue weighted by Crippen LogP contribution is 2.30. The summed E-state index contributed by atoms with van der Waals surface area (Å²) in [5.74, 6) is 0. The van der Waals surface area contributed by atoms with Crippen LogP contribution in [0.5, 0.6) is 0 Å². The number of aldehydes is 1. The predicted molar refractivity (Wildman–Crippen MR) is 90.7 cm³/mol. The Morgan fingerprint density at radius 1 is 1.00 bits per heavy atom. The van der Waals surface area contributed by atoms with Gasteiger partial charge < -0.3 is 4.98 Å². The van der Waals surface area contributed by atoms with E-state index in [2.05, 4.69) is 9.97 Å². The number of hydrogen-bond donors (Lipinski definition) is 1. The van der Waals surface area contributed by atoms with E-state index in [4.69, 9.17) is 0 Å². The summed E-state index contributed by atoms with van der Waals surface area (Å²) in [6.45, 7) is 0. The highest BCUT2D eigenvalue weighted by atomic mass is 16.1. The zero-order chi connectivity index (χ0) is 15.8. The van der Waals surface area contributed by atoms with E-state index in [0.717, 1.165) is 33.6 Å². The van der Waals surface area contributed by atoms with Crippen LogP contribution in [0.3, 0.4) is 0 Å². The van der Waals surface area contributed by atoms with Crippen LogP contribution in [-0.2, 0) is 0 Å². The molecular weight excluding hydrogens is 288 g/mol. The highest BCUT2D eigenvalue weighted by Gasteiger charge is 2.10. The van der Waals surface area contributed by atoms with E-state index >= 15 is 0 Å². The summed E-state index contributed by atoms with van der Waals surface area (Å²) < 4.78 is 0. The molecule has 1 N–H and O–H groups in total. The van der Waals surface area contributed by atoms with Gasteiger partial charge in [-0.15, -0.1) is 0 Å². The lowest BCUT2D eigenvalue weighted by Crippen LogP contribution is -2.05. The lowest BCUT2D eigenvalue weighted by atomic mass is 9.95. The first kappa shape index (κ1) is 13.4. The minimum absolute atomic E-state index is 0.159. The van der Waals surface area contributed by atoms with Crippen molar-refractivity contribution in [2.45, 2.75) is 0 Å². The van der Waals surface area contributed by atoms with Gasteiger partial charge in [0.15, 0.2) is 6.29 Å². The number of nitrogens with one attached hydrogen (secondary N) is 1. The second-order valence-corrected chi connectivity index (χ2v) is 5.36. The second kappa shape index (κ2) is 5.18. The van der Waals surface area contributed by atoms with Gasteiger partial charge in [-0.1, -0.05) is 18.2 Å². The van der Waals surface area contributed by atoms with Gasteiger partial charge in [0.25, 0.3) is 5.56 Å². The van der Waals surface area contributed by atoms with Crippen LogP contribution < -0.4 is 5.56 Å². The summed E-state index contributed by atoms with van der Waals surface area (Å²) in [7, 11) is 0. The molecule has 4 nitrogen and oxygen atoms in total. The van der Waals surface area contributed by atoms with Gasteiger partial charge in [-0.05, 0) is 46.0 Å². The van der Waals surface area contributed by atoms with Crippen molar-refractivity contribution in [3.05, 3.63) is 77.0 Å². The Balaban J connectivity index is 2.16. The molecule has 0 bridgehead atoms. The molecule has 0 amide bonds. The predicted octanol–water partition coefficient (Wildman–Crippen LogP) is 3.56. The molecule has 0 saturated carbocycles. The Morgan fingerprint density at radius 2 is 1.91 bits per heavy atom. The van der Waals surface area contributed by atoms with Crippen LogP contribution in [0.2, 0.25) is 0 Å². The van der Waals surface area contributed by atoms with E-state index in [1.54, 1.807) is 30.7 Å². The topological polar surface area (TPSA) is 62.8 Å². The van der Waals surface area contributed by atoms with Crippen LogP contribution in [-0.4, -0.2) is 16.3 Å². The summed E-state index contributed by atoms with van der Waals surface area (Å²) in [5.41, 5.74) is 2.34. The molecule has 0 radical (unpaired) electrons. The van der Waals surface area contributed by atoms with Crippen molar-refractivity contribution in [3.63, 3.8) is 0 Å². The summed E-state index contributed by atoms with van der Waals surface area (Å²) >= 11 is 0. The number of H-pyrrole nitrogens is 1. The van der Waals surface area contributed by atoms with Crippen molar-refractivity contribution in [2.75, 3.05) is 0 Å². The lowest BCUT2D eigenvalue weighted by molar-refractivity contribution is 0.112. The van der Waals surface area contributed by atoms with Crippen molar-refractivity contribution in [1.82, 2.24) is 9.97 Å². The molecule has 23 heavy (non-hydrogen) atoms. The number of benzene rings is 2. The van der Waals surface area contributed by atoms with Crippen LogP contribution >= 0.6 is 0 Å². The first-order chi connectivity index (χ1) is 11.3. The number of carbonyl (C=O) groups is 1. The molecule has 0 spiro atoms. The molecule has 4 rings (SSSR count). The third-order valence-electron chi connectivity index (χ3n) is 4.03. The Bertz CT molecular complexity index is 1100. The van der Waals surface area contributed by atoms with Gasteiger partial charge in [-0.3, -0.25) is 14.6 Å². The zero-order valence-electron chi connectivity index (χ0n) is 12.1. The van der Waals surface area contributed by atoms with E-state index in [1.807, 2.05) is 30.3 Å². The summed E-state index contributed by atoms with van der Waals surface area (Å²) in [5, 5.41) is 2.90. The number of hydrogen-bond acceptors (Lipinski definition) is 3. The Hall–Kier alpha value is -3.27. The third kappa shape index (κ3) is 2.12. The largest absolute Gasteiger partial charge is 0.329 e. The quantitative estimate of drug-likeness (QED) is 0.455. The fourth-order valence-corrected chi connectivity index (χ4v) is 2.95. The molecule has 2 aromatic heterocycles. The maximum atomic E-state index is 12.3. The first-order valence-corrected chi connectivity index (χ1v) is 7.21. The summed E-state index contributed by atoms with van der Waals surface area (Å²) in [6, 6.07) is 13.2. The van der Waals surface area contributed by atoms with E-state index in [0.29, 0.717) is 10.9 Å². The fourth-order valence-electron chi connectivity index (χ4n) is 2.95. The molecule has 2 heterocycles. The lowest BCUT2D eigenvalue weighted by Gasteiger charge is -2.08. The van der Waals surface area contributed by atoms with Crippen molar-refractivity contribution >= 4 is 27.8 Å².